The van der Waals surface area contributed by atoms with E-state index in [0.717, 1.165) is 43.5 Å². The zero-order valence-electron chi connectivity index (χ0n) is 14.9. The monoisotopic (exact) mass is 342 g/mol. The number of methoxy groups -OCH3 is 1. The normalized spacial score (nSPS) is 17.2. The first-order valence-electron chi connectivity index (χ1n) is 8.78. The van der Waals surface area contributed by atoms with Crippen molar-refractivity contribution in [1.29, 1.82) is 0 Å². The molecule has 25 heavy (non-hydrogen) atoms. The molecule has 0 bridgehead atoms. The zero-order chi connectivity index (χ0) is 17.5. The molecule has 0 saturated heterocycles. The second-order valence-corrected chi connectivity index (χ2v) is 6.12. The van der Waals surface area contributed by atoms with E-state index in [1.807, 2.05) is 22.9 Å². The van der Waals surface area contributed by atoms with Crippen LogP contribution in [0.3, 0.4) is 0 Å². The highest BCUT2D eigenvalue weighted by molar-refractivity contribution is 5.80. The summed E-state index contributed by atoms with van der Waals surface area (Å²) >= 11 is 0. The minimum absolute atomic E-state index is 0.290. The maximum Gasteiger partial charge on any atom is 0.191 e. The van der Waals surface area contributed by atoms with Gasteiger partial charge in [-0.15, -0.1) is 0 Å². The Balaban J connectivity index is 1.62. The van der Waals surface area contributed by atoms with Crippen LogP contribution in [0.25, 0.3) is 0 Å². The smallest absolute Gasteiger partial charge is 0.191 e. The first-order valence-corrected chi connectivity index (χ1v) is 8.78. The largest absolute Gasteiger partial charge is 0.377 e. The van der Waals surface area contributed by atoms with Crippen LogP contribution >= 0.6 is 0 Å². The van der Waals surface area contributed by atoms with Gasteiger partial charge in [-0.05, 0) is 18.9 Å². The predicted octanol–water partition coefficient (Wildman–Crippen LogP) is 1.49. The number of fused-ring (bicyclic) bond motifs is 1. The summed E-state index contributed by atoms with van der Waals surface area (Å²) in [5, 5.41) is 11.4. The second kappa shape index (κ2) is 8.62. The second-order valence-electron chi connectivity index (χ2n) is 6.12. The Labute approximate surface area is 148 Å². The molecule has 0 saturated carbocycles. The van der Waals surface area contributed by atoms with Crippen LogP contribution in [0.4, 0.5) is 0 Å². The number of aliphatic imine (C=N–C) groups is 1. The lowest BCUT2D eigenvalue weighted by Gasteiger charge is -2.25. The molecule has 2 aromatic rings. The van der Waals surface area contributed by atoms with Crippen LogP contribution < -0.4 is 10.6 Å². The van der Waals surface area contributed by atoms with Gasteiger partial charge in [0.2, 0.25) is 0 Å². The number of nitrogens with one attached hydrogen (secondary N) is 2. The van der Waals surface area contributed by atoms with Gasteiger partial charge in [0.25, 0.3) is 0 Å². The van der Waals surface area contributed by atoms with E-state index in [-0.39, 0.29) is 6.04 Å². The van der Waals surface area contributed by atoms with E-state index >= 15 is 0 Å². The van der Waals surface area contributed by atoms with E-state index in [1.54, 1.807) is 7.11 Å². The molecule has 1 aliphatic heterocycles. The lowest BCUT2D eigenvalue weighted by molar-refractivity contribution is 0.177. The SMILES string of the molecule is CCNC(=NCc1ccccc1)NC1CCc2nc(COC)nn2C1. The average Bonchev–Trinajstić information content (AvgIpc) is 3.03. The standard InChI is InChI=1S/C18H26N6O/c1-3-19-18(20-11-14-7-5-4-6-8-14)21-15-9-10-17-22-16(13-25-2)23-24(17)12-15/h4-8,15H,3,9-13H2,1-2H3,(H2,19,20,21). The fourth-order valence-electron chi connectivity index (χ4n) is 2.94. The average molecular weight is 342 g/mol. The summed E-state index contributed by atoms with van der Waals surface area (Å²) in [7, 11) is 1.66. The van der Waals surface area contributed by atoms with Gasteiger partial charge in [-0.1, -0.05) is 30.3 Å². The number of ether oxygens (including phenoxy) is 1. The molecule has 1 aliphatic rings. The Morgan fingerprint density at radius 3 is 2.96 bits per heavy atom. The van der Waals surface area contributed by atoms with Crippen LogP contribution in [0, 0.1) is 0 Å². The Kier molecular flexibility index (Phi) is 6.00. The molecule has 0 aliphatic carbocycles. The number of aromatic nitrogens is 3. The lowest BCUT2D eigenvalue weighted by atomic mass is 10.1. The summed E-state index contributed by atoms with van der Waals surface area (Å²) in [6.45, 7) is 4.82. The van der Waals surface area contributed by atoms with Crippen molar-refractivity contribution in [2.75, 3.05) is 13.7 Å². The van der Waals surface area contributed by atoms with Crippen molar-refractivity contribution < 1.29 is 4.74 Å². The minimum Gasteiger partial charge on any atom is -0.377 e. The molecule has 0 fully saturated rings. The minimum atomic E-state index is 0.290. The summed E-state index contributed by atoms with van der Waals surface area (Å²) in [4.78, 5) is 9.22. The Hall–Kier alpha value is -2.41. The Morgan fingerprint density at radius 2 is 2.20 bits per heavy atom. The van der Waals surface area contributed by atoms with Gasteiger partial charge in [-0.25, -0.2) is 14.7 Å². The van der Waals surface area contributed by atoms with Gasteiger partial charge in [-0.3, -0.25) is 0 Å². The van der Waals surface area contributed by atoms with Crippen molar-refractivity contribution in [2.24, 2.45) is 4.99 Å². The first-order chi connectivity index (χ1) is 12.3. The highest BCUT2D eigenvalue weighted by atomic mass is 16.5. The quantitative estimate of drug-likeness (QED) is 0.614. The van der Waals surface area contributed by atoms with E-state index in [2.05, 4.69) is 39.8 Å². The predicted molar refractivity (Wildman–Crippen MR) is 97.2 cm³/mol. The van der Waals surface area contributed by atoms with Crippen LogP contribution in [0.2, 0.25) is 0 Å². The first kappa shape index (κ1) is 17.4. The molecule has 2 heterocycles. The van der Waals surface area contributed by atoms with Crippen molar-refractivity contribution in [3.05, 3.63) is 47.5 Å². The number of rotatable bonds is 6. The molecule has 1 atom stereocenters. The van der Waals surface area contributed by atoms with Gasteiger partial charge in [-0.2, -0.15) is 5.10 Å². The lowest BCUT2D eigenvalue weighted by Crippen LogP contribution is -2.47. The number of hydrogen-bond acceptors (Lipinski definition) is 4. The highest BCUT2D eigenvalue weighted by Gasteiger charge is 2.22. The zero-order valence-corrected chi connectivity index (χ0v) is 14.9. The van der Waals surface area contributed by atoms with Gasteiger partial charge in [0, 0.05) is 26.1 Å². The molecule has 0 amide bonds. The molecule has 0 radical (unpaired) electrons. The van der Waals surface area contributed by atoms with E-state index in [1.165, 1.54) is 5.56 Å². The van der Waals surface area contributed by atoms with Crippen molar-refractivity contribution in [3.8, 4) is 0 Å². The highest BCUT2D eigenvalue weighted by Crippen LogP contribution is 2.13. The fraction of sp³-hybridized carbons (Fsp3) is 0.500. The van der Waals surface area contributed by atoms with Crippen LogP contribution in [0.1, 0.15) is 30.6 Å². The van der Waals surface area contributed by atoms with Crippen LogP contribution in [0.15, 0.2) is 35.3 Å². The number of nitrogens with zero attached hydrogens (tertiary/aromatic N) is 4. The molecule has 0 spiro atoms. The summed E-state index contributed by atoms with van der Waals surface area (Å²) < 4.78 is 7.10. The van der Waals surface area contributed by atoms with Gasteiger partial charge < -0.3 is 15.4 Å². The number of aryl methyl sites for hydroxylation is 1. The molecular formula is C18H26N6O. The van der Waals surface area contributed by atoms with Crippen LogP contribution in [0.5, 0.6) is 0 Å². The number of guanidine groups is 1. The summed E-state index contributed by atoms with van der Waals surface area (Å²) in [6.07, 6.45) is 1.92. The molecular weight excluding hydrogens is 316 g/mol. The van der Waals surface area contributed by atoms with Crippen molar-refractivity contribution in [2.45, 2.75) is 45.5 Å². The van der Waals surface area contributed by atoms with E-state index in [0.29, 0.717) is 13.2 Å². The molecule has 1 unspecified atom stereocenters. The van der Waals surface area contributed by atoms with E-state index < -0.39 is 0 Å². The van der Waals surface area contributed by atoms with Crippen molar-refractivity contribution in [1.82, 2.24) is 25.4 Å². The maximum absolute atomic E-state index is 5.12. The van der Waals surface area contributed by atoms with E-state index in [9.17, 15) is 0 Å². The summed E-state index contributed by atoms with van der Waals surface area (Å²) in [6, 6.07) is 10.6. The van der Waals surface area contributed by atoms with Gasteiger partial charge in [0.1, 0.15) is 12.4 Å². The number of benzene rings is 1. The maximum atomic E-state index is 5.12. The fourth-order valence-corrected chi connectivity index (χ4v) is 2.94. The Morgan fingerprint density at radius 1 is 1.36 bits per heavy atom. The van der Waals surface area contributed by atoms with Crippen LogP contribution in [-0.4, -0.2) is 40.4 Å². The molecule has 7 nitrogen and oxygen atoms in total. The third-order valence-corrected chi connectivity index (χ3v) is 4.12. The summed E-state index contributed by atoms with van der Waals surface area (Å²) in [5.41, 5.74) is 1.20. The van der Waals surface area contributed by atoms with Gasteiger partial charge in [0.15, 0.2) is 11.8 Å². The third kappa shape index (κ3) is 4.79. The Bertz CT molecular complexity index is 697. The molecule has 1 aromatic carbocycles. The van der Waals surface area contributed by atoms with Gasteiger partial charge in [0.05, 0.1) is 13.1 Å². The van der Waals surface area contributed by atoms with E-state index in [4.69, 9.17) is 9.73 Å². The van der Waals surface area contributed by atoms with Crippen LogP contribution in [-0.2, 0) is 30.9 Å². The topological polar surface area (TPSA) is 76.4 Å². The molecule has 134 valence electrons. The number of hydrogen-bond donors (Lipinski definition) is 2. The third-order valence-electron chi connectivity index (χ3n) is 4.12. The van der Waals surface area contributed by atoms with Crippen molar-refractivity contribution >= 4 is 5.96 Å². The summed E-state index contributed by atoms with van der Waals surface area (Å²) in [5.74, 6) is 2.64. The van der Waals surface area contributed by atoms with Gasteiger partial charge >= 0.3 is 0 Å². The molecule has 3 rings (SSSR count). The van der Waals surface area contributed by atoms with Crippen molar-refractivity contribution in [3.63, 3.8) is 0 Å². The molecule has 1 aromatic heterocycles. The molecule has 2 N–H and O–H groups in total. The molecule has 7 heteroatoms.